The van der Waals surface area contributed by atoms with Crippen LogP contribution in [0.15, 0.2) is 58.6 Å². The molecule has 0 saturated carbocycles. The number of nitrogens with zero attached hydrogens (tertiary/aromatic N) is 3. The SMILES string of the molecule is CCn1c(SCC(=O)N2CC[C@H](C)Sc3ccccc32)nc2ccccc21. The van der Waals surface area contributed by atoms with Crippen molar-refractivity contribution in [1.29, 1.82) is 0 Å². The molecule has 1 atom stereocenters. The Morgan fingerprint density at radius 1 is 1.22 bits per heavy atom. The number of fused-ring (bicyclic) bond motifs is 2. The van der Waals surface area contributed by atoms with Gasteiger partial charge in [-0.1, -0.05) is 43.0 Å². The molecule has 0 saturated heterocycles. The summed E-state index contributed by atoms with van der Waals surface area (Å²) in [5.41, 5.74) is 3.15. The summed E-state index contributed by atoms with van der Waals surface area (Å²) < 4.78 is 2.18. The van der Waals surface area contributed by atoms with Gasteiger partial charge < -0.3 is 9.47 Å². The lowest BCUT2D eigenvalue weighted by atomic mass is 10.2. The van der Waals surface area contributed by atoms with Crippen LogP contribution in [0.2, 0.25) is 0 Å². The lowest BCUT2D eigenvalue weighted by Gasteiger charge is -2.22. The monoisotopic (exact) mass is 397 g/mol. The van der Waals surface area contributed by atoms with E-state index in [0.29, 0.717) is 11.0 Å². The molecule has 0 spiro atoms. The molecule has 27 heavy (non-hydrogen) atoms. The maximum atomic E-state index is 13.1. The average molecular weight is 398 g/mol. The van der Waals surface area contributed by atoms with Crippen LogP contribution in [0.25, 0.3) is 11.0 Å². The van der Waals surface area contributed by atoms with Crippen LogP contribution < -0.4 is 4.90 Å². The van der Waals surface area contributed by atoms with Crippen molar-refractivity contribution in [2.75, 3.05) is 17.2 Å². The lowest BCUT2D eigenvalue weighted by Crippen LogP contribution is -2.33. The Bertz CT molecular complexity index is 969. The van der Waals surface area contributed by atoms with E-state index in [1.807, 2.05) is 47.0 Å². The van der Waals surface area contributed by atoms with E-state index in [1.54, 1.807) is 0 Å². The van der Waals surface area contributed by atoms with Crippen molar-refractivity contribution in [2.24, 2.45) is 0 Å². The Morgan fingerprint density at radius 3 is 2.85 bits per heavy atom. The minimum atomic E-state index is 0.150. The van der Waals surface area contributed by atoms with Crippen molar-refractivity contribution in [2.45, 2.75) is 42.1 Å². The summed E-state index contributed by atoms with van der Waals surface area (Å²) in [6, 6.07) is 16.4. The summed E-state index contributed by atoms with van der Waals surface area (Å²) in [6.07, 6.45) is 1.00. The van der Waals surface area contributed by atoms with Crippen molar-refractivity contribution in [3.05, 3.63) is 48.5 Å². The predicted molar refractivity (Wildman–Crippen MR) is 115 cm³/mol. The highest BCUT2D eigenvalue weighted by Crippen LogP contribution is 2.37. The second kappa shape index (κ2) is 7.98. The molecule has 4 rings (SSSR count). The highest BCUT2D eigenvalue weighted by molar-refractivity contribution is 8.00. The van der Waals surface area contributed by atoms with Crippen LogP contribution in [0, 0.1) is 0 Å². The first-order valence-electron chi connectivity index (χ1n) is 9.31. The Labute approximate surface area is 168 Å². The number of rotatable bonds is 4. The molecule has 0 aliphatic carbocycles. The lowest BCUT2D eigenvalue weighted by molar-refractivity contribution is -0.116. The second-order valence-corrected chi connectivity index (χ2v) is 9.07. The topological polar surface area (TPSA) is 38.1 Å². The van der Waals surface area contributed by atoms with Gasteiger partial charge in [-0.25, -0.2) is 4.98 Å². The molecular formula is C21H23N3OS2. The fourth-order valence-corrected chi connectivity index (χ4v) is 5.49. The van der Waals surface area contributed by atoms with Crippen molar-refractivity contribution >= 4 is 46.2 Å². The standard InChI is InChI=1S/C21H23N3OS2/c1-3-23-17-9-5-4-8-16(17)22-21(23)26-14-20(25)24-13-12-15(2)27-19-11-7-6-10-18(19)24/h4-11,15H,3,12-14H2,1-2H3/t15-/m0/s1. The van der Waals surface area contributed by atoms with Gasteiger partial charge in [-0.15, -0.1) is 11.8 Å². The second-order valence-electron chi connectivity index (χ2n) is 6.65. The Hall–Kier alpha value is -1.92. The van der Waals surface area contributed by atoms with Gasteiger partial charge in [-0.05, 0) is 37.6 Å². The van der Waals surface area contributed by atoms with E-state index in [0.717, 1.165) is 41.4 Å². The third-order valence-corrected chi connectivity index (χ3v) is 7.00. The fraction of sp³-hybridized carbons (Fsp3) is 0.333. The number of thioether (sulfide) groups is 2. The van der Waals surface area contributed by atoms with Crippen LogP contribution in [0.1, 0.15) is 20.3 Å². The van der Waals surface area contributed by atoms with E-state index < -0.39 is 0 Å². The van der Waals surface area contributed by atoms with Crippen LogP contribution in [-0.2, 0) is 11.3 Å². The summed E-state index contributed by atoms with van der Waals surface area (Å²) in [6.45, 7) is 5.96. The van der Waals surface area contributed by atoms with Gasteiger partial charge in [0.25, 0.3) is 0 Å². The van der Waals surface area contributed by atoms with E-state index in [4.69, 9.17) is 4.98 Å². The number of benzene rings is 2. The fourth-order valence-electron chi connectivity index (χ4n) is 3.42. The molecule has 6 heteroatoms. The van der Waals surface area contributed by atoms with Crippen LogP contribution in [-0.4, -0.2) is 33.0 Å². The number of aromatic nitrogens is 2. The van der Waals surface area contributed by atoms with Crippen molar-refractivity contribution in [3.8, 4) is 0 Å². The molecule has 1 aliphatic heterocycles. The predicted octanol–water partition coefficient (Wildman–Crippen LogP) is 5.07. The molecule has 140 valence electrons. The first kappa shape index (κ1) is 18.4. The van der Waals surface area contributed by atoms with Crippen LogP contribution >= 0.6 is 23.5 Å². The maximum Gasteiger partial charge on any atom is 0.237 e. The molecule has 1 amide bonds. The summed E-state index contributed by atoms with van der Waals surface area (Å²) in [4.78, 5) is 20.9. The Balaban J connectivity index is 1.55. The molecule has 1 aliphatic rings. The summed E-state index contributed by atoms with van der Waals surface area (Å²) in [5, 5.41) is 1.43. The molecule has 0 bridgehead atoms. The van der Waals surface area contributed by atoms with Gasteiger partial charge in [0.15, 0.2) is 5.16 Å². The van der Waals surface area contributed by atoms with Crippen molar-refractivity contribution < 1.29 is 4.79 Å². The molecule has 4 nitrogen and oxygen atoms in total. The number of imidazole rings is 1. The van der Waals surface area contributed by atoms with Crippen molar-refractivity contribution in [3.63, 3.8) is 0 Å². The molecule has 0 radical (unpaired) electrons. The number of aryl methyl sites for hydroxylation is 1. The van der Waals surface area contributed by atoms with E-state index in [2.05, 4.69) is 36.6 Å². The smallest absolute Gasteiger partial charge is 0.237 e. The third-order valence-electron chi connectivity index (χ3n) is 4.80. The van der Waals surface area contributed by atoms with Gasteiger partial charge >= 0.3 is 0 Å². The summed E-state index contributed by atoms with van der Waals surface area (Å²) >= 11 is 3.40. The maximum absolute atomic E-state index is 13.1. The highest BCUT2D eigenvalue weighted by Gasteiger charge is 2.24. The number of carbonyl (C=O) groups is 1. The summed E-state index contributed by atoms with van der Waals surface area (Å²) in [7, 11) is 0. The normalized spacial score (nSPS) is 17.0. The van der Waals surface area contributed by atoms with E-state index in [9.17, 15) is 4.79 Å². The molecule has 0 N–H and O–H groups in total. The number of hydrogen-bond acceptors (Lipinski definition) is 4. The molecule has 0 unspecified atom stereocenters. The average Bonchev–Trinajstić information content (AvgIpc) is 2.95. The largest absolute Gasteiger partial charge is 0.319 e. The van der Waals surface area contributed by atoms with Gasteiger partial charge in [-0.3, -0.25) is 4.79 Å². The van der Waals surface area contributed by atoms with Gasteiger partial charge in [0.2, 0.25) is 5.91 Å². The van der Waals surface area contributed by atoms with E-state index in [1.165, 1.54) is 16.7 Å². The van der Waals surface area contributed by atoms with Gasteiger partial charge in [0.1, 0.15) is 0 Å². The van der Waals surface area contributed by atoms with Crippen LogP contribution in [0.5, 0.6) is 0 Å². The molecule has 2 aromatic carbocycles. The molecule has 0 fully saturated rings. The Morgan fingerprint density at radius 2 is 2.00 bits per heavy atom. The molecule has 3 aromatic rings. The number of amides is 1. The first-order valence-corrected chi connectivity index (χ1v) is 11.2. The van der Waals surface area contributed by atoms with Crippen molar-refractivity contribution in [1.82, 2.24) is 9.55 Å². The number of carbonyl (C=O) groups excluding carboxylic acids is 1. The van der Waals surface area contributed by atoms with Gasteiger partial charge in [0.05, 0.1) is 22.5 Å². The van der Waals surface area contributed by atoms with Gasteiger partial charge in [0, 0.05) is 23.2 Å². The number of para-hydroxylation sites is 3. The number of hydrogen-bond donors (Lipinski definition) is 0. The quantitative estimate of drug-likeness (QED) is 0.576. The molecular weight excluding hydrogens is 374 g/mol. The zero-order chi connectivity index (χ0) is 18.8. The van der Waals surface area contributed by atoms with E-state index in [-0.39, 0.29) is 5.91 Å². The first-order chi connectivity index (χ1) is 13.2. The summed E-state index contributed by atoms with van der Waals surface area (Å²) in [5.74, 6) is 0.549. The van der Waals surface area contributed by atoms with Gasteiger partial charge in [-0.2, -0.15) is 0 Å². The zero-order valence-corrected chi connectivity index (χ0v) is 17.2. The molecule has 1 aromatic heterocycles. The minimum absolute atomic E-state index is 0.150. The Kier molecular flexibility index (Phi) is 5.45. The zero-order valence-electron chi connectivity index (χ0n) is 15.6. The number of anilines is 1. The minimum Gasteiger partial charge on any atom is -0.319 e. The third kappa shape index (κ3) is 3.73. The highest BCUT2D eigenvalue weighted by atomic mass is 32.2. The van der Waals surface area contributed by atoms with E-state index >= 15 is 0 Å². The van der Waals surface area contributed by atoms with Crippen LogP contribution in [0.4, 0.5) is 5.69 Å². The van der Waals surface area contributed by atoms with Crippen LogP contribution in [0.3, 0.4) is 0 Å². The molecule has 2 heterocycles.